The van der Waals surface area contributed by atoms with Crippen LogP contribution in [0.1, 0.15) is 154 Å². The summed E-state index contributed by atoms with van der Waals surface area (Å²) in [5, 5.41) is 93.6. The molecule has 1 amide bonds. The van der Waals surface area contributed by atoms with Crippen LogP contribution >= 0.6 is 0 Å². The van der Waals surface area contributed by atoms with Gasteiger partial charge in [-0.1, -0.05) is 19.1 Å². The Balaban J connectivity index is 0.000000125. The molecule has 7 aliphatic rings. The van der Waals surface area contributed by atoms with Gasteiger partial charge in [-0.3, -0.25) is 28.9 Å². The van der Waals surface area contributed by atoms with Crippen LogP contribution in [-0.4, -0.2) is 209 Å². The van der Waals surface area contributed by atoms with E-state index in [4.69, 9.17) is 4.74 Å². The average Bonchev–Trinajstić information content (AvgIpc) is 1.66. The summed E-state index contributed by atoms with van der Waals surface area (Å²) in [6.45, 7) is 11.4. The highest BCUT2D eigenvalue weighted by Gasteiger charge is 2.40. The number of aromatic hydroxyl groups is 4. The number of benzene rings is 4. The number of hydrogen-bond donors (Lipinski definition) is 15. The number of carbonyl (C=O) groups is 5. The number of carbonyl (C=O) groups excluding carboxylic acids is 1. The summed E-state index contributed by atoms with van der Waals surface area (Å²) in [5.74, 6) is -6.69. The maximum atomic E-state index is 12.5. The lowest BCUT2D eigenvalue weighted by molar-refractivity contribution is -0.127. The molecule has 32 heteroatoms. The highest BCUT2D eigenvalue weighted by molar-refractivity contribution is 5.99. The molecular weight excluding hydrogens is 1630 g/mol. The minimum absolute atomic E-state index is 0.00317. The Morgan fingerprint density at radius 3 is 1.34 bits per heavy atom. The quantitative estimate of drug-likeness (QED) is 0.0355. The number of pyridine rings is 4. The zero-order valence-electron chi connectivity index (χ0n) is 72.3. The lowest BCUT2D eigenvalue weighted by atomic mass is 9.98. The number of allylic oxidation sites excluding steroid dienone is 1. The Labute approximate surface area is 728 Å². The number of amides is 1. The zero-order chi connectivity index (χ0) is 90.0. The number of hydrogen-bond acceptors (Lipinski definition) is 19. The average molecular weight is 1730 g/mol. The fourth-order valence-corrected chi connectivity index (χ4v) is 19.8. The first kappa shape index (κ1) is 87.4. The first-order chi connectivity index (χ1) is 60.9. The molecule has 4 aliphatic carbocycles. The summed E-state index contributed by atoms with van der Waals surface area (Å²) in [4.78, 5) is 125. The van der Waals surface area contributed by atoms with Gasteiger partial charge in [0.25, 0.3) is 22.2 Å². The number of carboxylic acid groups (broad SMARTS) is 4. The van der Waals surface area contributed by atoms with Crippen molar-refractivity contribution in [2.45, 2.75) is 129 Å². The molecule has 19 rings (SSSR count). The van der Waals surface area contributed by atoms with Crippen molar-refractivity contribution in [1.29, 1.82) is 0 Å². The maximum absolute atomic E-state index is 12.5. The molecule has 664 valence electrons. The van der Waals surface area contributed by atoms with Crippen molar-refractivity contribution in [2.24, 2.45) is 34.1 Å². The van der Waals surface area contributed by atoms with Crippen LogP contribution in [0.4, 0.5) is 0 Å². The molecule has 8 aromatic heterocycles. The number of aromatic nitrogens is 8. The predicted molar refractivity (Wildman–Crippen MR) is 482 cm³/mol. The van der Waals surface area contributed by atoms with Gasteiger partial charge in [0, 0.05) is 218 Å². The van der Waals surface area contributed by atoms with Crippen molar-refractivity contribution in [3.05, 3.63) is 210 Å². The molecule has 0 radical (unpaired) electrons. The number of likely N-dealkylation sites (tertiary alicyclic amines) is 2. The molecule has 3 unspecified atom stereocenters. The molecule has 127 heavy (non-hydrogen) atoms. The summed E-state index contributed by atoms with van der Waals surface area (Å²) in [6.07, 6.45) is 14.9. The molecule has 12 aromatic rings. The van der Waals surface area contributed by atoms with E-state index in [0.717, 1.165) is 216 Å². The van der Waals surface area contributed by atoms with Gasteiger partial charge in [-0.05, 0) is 205 Å². The van der Waals surface area contributed by atoms with E-state index in [-0.39, 0.29) is 18.6 Å². The number of nitrogens with one attached hydrogen (secondary N) is 7. The molecular formula is C95H106N14O18. The molecule has 4 aromatic carbocycles. The van der Waals surface area contributed by atoms with Crippen molar-refractivity contribution in [2.75, 3.05) is 73.6 Å². The second-order valence-electron chi connectivity index (χ2n) is 34.5. The third-order valence-electron chi connectivity index (χ3n) is 26.6. The van der Waals surface area contributed by atoms with Gasteiger partial charge in [0.15, 0.2) is 22.3 Å². The molecule has 3 atom stereocenters. The lowest BCUT2D eigenvalue weighted by Crippen LogP contribution is -2.32. The number of aromatic amines is 4. The Bertz CT molecular complexity index is 6780. The van der Waals surface area contributed by atoms with Crippen LogP contribution in [0.3, 0.4) is 0 Å². The summed E-state index contributed by atoms with van der Waals surface area (Å²) >= 11 is 0. The van der Waals surface area contributed by atoms with Gasteiger partial charge in [0.05, 0.1) is 35.4 Å². The minimum atomic E-state index is -1.44. The normalized spacial score (nSPS) is 16.6. The van der Waals surface area contributed by atoms with Crippen LogP contribution in [0, 0.1) is 5.92 Å². The van der Waals surface area contributed by atoms with E-state index in [2.05, 4.69) is 141 Å². The number of nitrogens with zero attached hydrogens (tertiary/aromatic N) is 7. The molecule has 0 bridgehead atoms. The van der Waals surface area contributed by atoms with Gasteiger partial charge in [0.1, 0.15) is 23.0 Å². The van der Waals surface area contributed by atoms with Gasteiger partial charge in [0.2, 0.25) is 5.91 Å². The number of H-pyrrole nitrogens is 4. The third kappa shape index (κ3) is 16.7. The molecule has 0 saturated carbocycles. The Hall–Kier alpha value is -13.1. The van der Waals surface area contributed by atoms with Crippen molar-refractivity contribution >= 4 is 79.5 Å². The smallest absolute Gasteiger partial charge is 0.345 e. The fraction of sp³-hybridized carbons (Fsp3) is 0.379. The van der Waals surface area contributed by atoms with E-state index in [9.17, 15) is 84.0 Å². The Morgan fingerprint density at radius 2 is 0.898 bits per heavy atom. The number of fused-ring (bicyclic) bond motifs is 17. The molecule has 0 spiro atoms. The second kappa shape index (κ2) is 35.7. The summed E-state index contributed by atoms with van der Waals surface area (Å²) < 4.78 is 14.4. The molecule has 3 aliphatic heterocycles. The van der Waals surface area contributed by atoms with Crippen LogP contribution < -0.4 is 38.2 Å². The SMILES string of the molecule is CCNCCc1cc2cc3c(cc2n1C)C=CCc1c-3[nH]c(=O)c(C(=O)O)c1O.CN(C)C(=O)CNCc1cc2cc3c(cc2n1C)CCCc1c-3[nH]c(=O)c(C(=O)O)c1O.CN1CCC2CN(Cc3cc4cc5c(cc4n3C)CCCc3c-5[nH]c(=O)c(C(=O)O)c3O)CC21.Cn1c(CNCC2CCCO2)cc2cc3c(cc21)CCCc1c-3[nH]c(=O)c(C(=O)O)c1O. The van der Waals surface area contributed by atoms with Crippen molar-refractivity contribution in [1.82, 2.24) is 68.9 Å². The van der Waals surface area contributed by atoms with E-state index >= 15 is 0 Å². The minimum Gasteiger partial charge on any atom is -0.506 e. The third-order valence-corrected chi connectivity index (χ3v) is 26.6. The Kier molecular flexibility index (Phi) is 24.6. The number of aryl methyl sites for hydroxylation is 7. The molecule has 3 fully saturated rings. The van der Waals surface area contributed by atoms with Gasteiger partial charge in [-0.25, -0.2) is 19.2 Å². The van der Waals surface area contributed by atoms with Crippen LogP contribution in [-0.2, 0) is 109 Å². The zero-order valence-corrected chi connectivity index (χ0v) is 72.3. The number of rotatable bonds is 18. The molecule has 32 nitrogen and oxygen atoms in total. The number of carboxylic acids is 4. The maximum Gasteiger partial charge on any atom is 0.345 e. The molecule has 3 saturated heterocycles. The van der Waals surface area contributed by atoms with E-state index in [0.29, 0.717) is 83.3 Å². The van der Waals surface area contributed by atoms with Crippen LogP contribution in [0.2, 0.25) is 0 Å². The summed E-state index contributed by atoms with van der Waals surface area (Å²) in [5.41, 5.74) is 14.7. The summed E-state index contributed by atoms with van der Waals surface area (Å²) in [6, 6.07) is 25.7. The van der Waals surface area contributed by atoms with E-state index in [1.165, 1.54) is 29.3 Å². The van der Waals surface area contributed by atoms with Gasteiger partial charge < -0.3 is 110 Å². The number of ether oxygens (including phenoxy) is 1. The van der Waals surface area contributed by atoms with Crippen molar-refractivity contribution in [3.63, 3.8) is 0 Å². The van der Waals surface area contributed by atoms with E-state index in [1.807, 2.05) is 50.5 Å². The van der Waals surface area contributed by atoms with Gasteiger partial charge in [-0.2, -0.15) is 0 Å². The number of aromatic carboxylic acids is 4. The first-order valence-corrected chi connectivity index (χ1v) is 43.2. The lowest BCUT2D eigenvalue weighted by Gasteiger charge is -2.20. The summed E-state index contributed by atoms with van der Waals surface area (Å²) in [7, 11) is 13.8. The van der Waals surface area contributed by atoms with E-state index < -0.39 is 91.4 Å². The van der Waals surface area contributed by atoms with Gasteiger partial charge in [-0.15, -0.1) is 0 Å². The second-order valence-corrected chi connectivity index (χ2v) is 34.5. The van der Waals surface area contributed by atoms with Crippen molar-refractivity contribution < 1.29 is 69.6 Å². The number of likely N-dealkylation sites (N-methyl/N-ethyl adjacent to an activating group) is 3. The van der Waals surface area contributed by atoms with Crippen molar-refractivity contribution in [3.8, 4) is 68.0 Å². The fourth-order valence-electron chi connectivity index (χ4n) is 19.8. The predicted octanol–water partition coefficient (Wildman–Crippen LogP) is 9.52. The van der Waals surface area contributed by atoms with Crippen LogP contribution in [0.15, 0.2) is 98.1 Å². The highest BCUT2D eigenvalue weighted by atomic mass is 16.5. The Morgan fingerprint density at radius 1 is 0.480 bits per heavy atom. The highest BCUT2D eigenvalue weighted by Crippen LogP contribution is 2.44. The van der Waals surface area contributed by atoms with Crippen LogP contribution in [0.25, 0.3) is 94.7 Å². The molecule has 11 heterocycles. The van der Waals surface area contributed by atoms with Gasteiger partial charge >= 0.3 is 23.9 Å². The first-order valence-electron chi connectivity index (χ1n) is 43.2. The van der Waals surface area contributed by atoms with E-state index in [1.54, 1.807) is 14.1 Å². The standard InChI is InChI=1S/C26H30N4O4.C24H27N3O5.C23H26N4O5.C22H23N3O4/c1-28-7-6-15-11-30(13-21(15)28)12-17-8-16-9-19-14(10-20(16)29(17)2)4-3-5-18-23(19)27-25(32)22(24(18)31)26(33)34;1-27-15(11-25-12-16-5-3-7-32-16)8-14-9-18-13(10-19(14)27)4-2-6-17-21(18)26-23(29)20(22(17)28)24(30)31;1-26(2)18(28)11-24-10-14-7-13-8-16-12(9-17(13)27(14)3)5-4-6-15-20(16)25-22(30)19(21(15)29)23(31)32;1-3-23-8-7-14-9-13-10-16-12(11-17(13)25(14)2)5-4-6-15-19(16)24-21(27)18(20(15)26)22(28)29/h8-10,15,21H,3-7,11-13H2,1-2H3,(H,33,34)(H2,27,31,32);8-10,16,25H,2-7,11-12H2,1H3,(H,30,31)(H2,26,28,29);7-9,24H,4-6,10-11H2,1-3H3,(H,31,32)(H2,25,29,30);4-5,9-11,23H,3,6-8H2,1-2H3,(H,28,29)(H2,24,26,27). The largest absolute Gasteiger partial charge is 0.506 e. The topological polar surface area (TPSA) is 453 Å². The monoisotopic (exact) mass is 1730 g/mol. The molecule has 15 N–H and O–H groups in total. The van der Waals surface area contributed by atoms with Crippen LogP contribution in [0.5, 0.6) is 23.0 Å².